The quantitative estimate of drug-likeness (QED) is 0.272. The summed E-state index contributed by atoms with van der Waals surface area (Å²) >= 11 is 12.7. The Kier molecular flexibility index (Phi) is 5.70. The van der Waals surface area contributed by atoms with Gasteiger partial charge >= 0.3 is 0 Å². The summed E-state index contributed by atoms with van der Waals surface area (Å²) in [6.07, 6.45) is 3.77. The van der Waals surface area contributed by atoms with Crippen LogP contribution in [0.25, 0.3) is 6.08 Å². The van der Waals surface area contributed by atoms with E-state index in [2.05, 4.69) is 5.32 Å². The number of carbonyl (C=O) groups is 3. The smallest absolute Gasteiger partial charge is 0.238 e. The summed E-state index contributed by atoms with van der Waals surface area (Å²) in [7, 11) is 0. The maximum absolute atomic E-state index is 14.7. The molecule has 7 rings (SSSR count). The van der Waals surface area contributed by atoms with Gasteiger partial charge in [0.05, 0.1) is 17.0 Å². The van der Waals surface area contributed by atoms with Gasteiger partial charge in [0.2, 0.25) is 5.91 Å². The minimum Gasteiger partial charge on any atom is -0.358 e. The molecule has 7 heteroatoms. The van der Waals surface area contributed by atoms with E-state index < -0.39 is 23.4 Å². The van der Waals surface area contributed by atoms with Crippen LogP contribution in [0.5, 0.6) is 0 Å². The standard InChI is InChI=1S/C33H22Cl2N2O3/c34-21-14-15-23(25(35)18-21)30(39)28-27(29(38)20-9-2-1-3-10-20)33(24-12-6-7-13-26(24)36-32(33)40)31-22-11-5-4-8-19(22)16-17-37(28)31/h1-18,27-28,31H,(H,36,40)/t27-,28+,31+,33+/m0/s1. The zero-order chi connectivity index (χ0) is 27.6. The Labute approximate surface area is 241 Å². The molecule has 0 saturated carbocycles. The molecule has 40 heavy (non-hydrogen) atoms. The summed E-state index contributed by atoms with van der Waals surface area (Å²) in [6.45, 7) is 0. The summed E-state index contributed by atoms with van der Waals surface area (Å²) in [5.74, 6) is -1.99. The monoisotopic (exact) mass is 564 g/mol. The normalized spacial score (nSPS) is 23.9. The molecule has 3 aliphatic heterocycles. The second-order valence-electron chi connectivity index (χ2n) is 10.3. The number of hydrogen-bond donors (Lipinski definition) is 1. The van der Waals surface area contributed by atoms with Crippen molar-refractivity contribution >= 4 is 52.4 Å². The lowest BCUT2D eigenvalue weighted by Gasteiger charge is -2.38. The molecular formula is C33H22Cl2N2O3. The number of fused-ring (bicyclic) bond motifs is 6. The van der Waals surface area contributed by atoms with E-state index in [9.17, 15) is 14.4 Å². The molecule has 5 nitrogen and oxygen atoms in total. The van der Waals surface area contributed by atoms with Crippen molar-refractivity contribution in [3.05, 3.63) is 141 Å². The first-order valence-electron chi connectivity index (χ1n) is 13.0. The van der Waals surface area contributed by atoms with Crippen molar-refractivity contribution in [2.45, 2.75) is 17.5 Å². The molecule has 1 N–H and O–H groups in total. The van der Waals surface area contributed by atoms with Crippen LogP contribution in [0.4, 0.5) is 5.69 Å². The van der Waals surface area contributed by atoms with Crippen LogP contribution in [-0.4, -0.2) is 28.4 Å². The van der Waals surface area contributed by atoms with Crippen LogP contribution < -0.4 is 5.32 Å². The predicted molar refractivity (Wildman–Crippen MR) is 156 cm³/mol. The number of halogens is 2. The molecule has 1 amide bonds. The highest BCUT2D eigenvalue weighted by atomic mass is 35.5. The van der Waals surface area contributed by atoms with Crippen molar-refractivity contribution in [3.63, 3.8) is 0 Å². The molecule has 4 atom stereocenters. The maximum Gasteiger partial charge on any atom is 0.238 e. The summed E-state index contributed by atoms with van der Waals surface area (Å²) in [5.41, 5.74) is 2.45. The molecule has 3 heterocycles. The Morgan fingerprint density at radius 2 is 1.55 bits per heavy atom. The molecule has 1 fully saturated rings. The van der Waals surface area contributed by atoms with Crippen molar-refractivity contribution in [3.8, 4) is 0 Å². The van der Waals surface area contributed by atoms with Crippen LogP contribution in [0, 0.1) is 5.92 Å². The Bertz CT molecular complexity index is 1750. The number of Topliss-reactive ketones (excluding diaryl/α,β-unsaturated/α-hetero) is 2. The number of para-hydroxylation sites is 1. The minimum absolute atomic E-state index is 0.193. The predicted octanol–water partition coefficient (Wildman–Crippen LogP) is 6.98. The topological polar surface area (TPSA) is 66.5 Å². The van der Waals surface area contributed by atoms with Crippen molar-refractivity contribution in [2.24, 2.45) is 5.92 Å². The van der Waals surface area contributed by atoms with E-state index >= 15 is 0 Å². The second-order valence-corrected chi connectivity index (χ2v) is 11.1. The van der Waals surface area contributed by atoms with Gasteiger partial charge in [-0.15, -0.1) is 0 Å². The molecule has 4 aromatic carbocycles. The lowest BCUT2D eigenvalue weighted by Crippen LogP contribution is -2.49. The number of rotatable bonds is 4. The van der Waals surface area contributed by atoms with Crippen LogP contribution in [-0.2, 0) is 10.2 Å². The van der Waals surface area contributed by atoms with Crippen molar-refractivity contribution in [1.82, 2.24) is 4.90 Å². The van der Waals surface area contributed by atoms with E-state index in [1.807, 2.05) is 71.8 Å². The van der Waals surface area contributed by atoms with Gasteiger partial charge < -0.3 is 10.2 Å². The summed E-state index contributed by atoms with van der Waals surface area (Å²) < 4.78 is 0. The van der Waals surface area contributed by atoms with Gasteiger partial charge in [0.15, 0.2) is 11.6 Å². The Morgan fingerprint density at radius 1 is 0.825 bits per heavy atom. The van der Waals surface area contributed by atoms with Crippen molar-refractivity contribution in [1.29, 1.82) is 0 Å². The van der Waals surface area contributed by atoms with Gasteiger partial charge in [-0.05, 0) is 47.0 Å². The van der Waals surface area contributed by atoms with E-state index in [0.717, 1.165) is 11.1 Å². The third-order valence-electron chi connectivity index (χ3n) is 8.38. The van der Waals surface area contributed by atoms with Crippen LogP contribution in [0.3, 0.4) is 0 Å². The highest BCUT2D eigenvalue weighted by Crippen LogP contribution is 2.62. The fourth-order valence-electron chi connectivity index (χ4n) is 6.80. The van der Waals surface area contributed by atoms with Crippen molar-refractivity contribution in [2.75, 3.05) is 5.32 Å². The maximum atomic E-state index is 14.7. The van der Waals surface area contributed by atoms with Crippen LogP contribution in [0.2, 0.25) is 10.0 Å². The first-order chi connectivity index (χ1) is 19.4. The van der Waals surface area contributed by atoms with Crippen LogP contribution in [0.15, 0.2) is 103 Å². The molecule has 196 valence electrons. The van der Waals surface area contributed by atoms with Gasteiger partial charge in [-0.25, -0.2) is 0 Å². The number of anilines is 1. The van der Waals surface area contributed by atoms with Gasteiger partial charge in [0.1, 0.15) is 11.5 Å². The van der Waals surface area contributed by atoms with Gasteiger partial charge in [0.25, 0.3) is 0 Å². The second kappa shape index (κ2) is 9.19. The molecule has 1 saturated heterocycles. The molecule has 0 aromatic heterocycles. The number of carbonyl (C=O) groups excluding carboxylic acids is 3. The number of hydrogen-bond acceptors (Lipinski definition) is 4. The minimum atomic E-state index is -1.39. The summed E-state index contributed by atoms with van der Waals surface area (Å²) in [6, 6.07) is 27.2. The largest absolute Gasteiger partial charge is 0.358 e. The number of benzene rings is 4. The van der Waals surface area contributed by atoms with E-state index in [-0.39, 0.29) is 28.1 Å². The first-order valence-corrected chi connectivity index (χ1v) is 13.7. The van der Waals surface area contributed by atoms with Crippen LogP contribution in [0.1, 0.15) is 43.4 Å². The van der Waals surface area contributed by atoms with E-state index in [0.29, 0.717) is 21.8 Å². The number of amides is 1. The average molecular weight is 565 g/mol. The zero-order valence-electron chi connectivity index (χ0n) is 21.1. The number of nitrogens with one attached hydrogen (secondary N) is 1. The molecule has 0 unspecified atom stereocenters. The SMILES string of the molecule is O=C(c1ccccc1)[C@@H]1[C@H](C(=O)c2ccc(Cl)cc2Cl)N2C=Cc3ccccc3[C@@H]2[C@]12C(=O)Nc1ccccc12. The highest BCUT2D eigenvalue weighted by Gasteiger charge is 2.70. The molecule has 0 bridgehead atoms. The van der Waals surface area contributed by atoms with Gasteiger partial charge in [-0.2, -0.15) is 0 Å². The summed E-state index contributed by atoms with van der Waals surface area (Å²) in [5, 5.41) is 3.64. The lowest BCUT2D eigenvalue weighted by atomic mass is 9.62. The number of ketones is 2. The van der Waals surface area contributed by atoms with Crippen LogP contribution >= 0.6 is 23.2 Å². The molecular weight excluding hydrogens is 543 g/mol. The summed E-state index contributed by atoms with van der Waals surface area (Å²) in [4.78, 5) is 45.5. The van der Waals surface area contributed by atoms with E-state index in [1.54, 1.807) is 36.4 Å². The third-order valence-corrected chi connectivity index (χ3v) is 8.92. The molecule has 4 aromatic rings. The number of nitrogens with zero attached hydrogens (tertiary/aromatic N) is 1. The van der Waals surface area contributed by atoms with Gasteiger partial charge in [0, 0.05) is 28.0 Å². The third kappa shape index (κ3) is 3.38. The van der Waals surface area contributed by atoms with E-state index in [4.69, 9.17) is 23.2 Å². The van der Waals surface area contributed by atoms with Crippen molar-refractivity contribution < 1.29 is 14.4 Å². The fourth-order valence-corrected chi connectivity index (χ4v) is 7.30. The average Bonchev–Trinajstić information content (AvgIpc) is 3.45. The highest BCUT2D eigenvalue weighted by molar-refractivity contribution is 6.37. The zero-order valence-corrected chi connectivity index (χ0v) is 22.6. The first kappa shape index (κ1) is 24.8. The Morgan fingerprint density at radius 3 is 2.35 bits per heavy atom. The molecule has 0 aliphatic carbocycles. The molecule has 0 radical (unpaired) electrons. The molecule has 1 spiro atoms. The molecule has 3 aliphatic rings. The fraction of sp³-hybridized carbons (Fsp3) is 0.121. The van der Waals surface area contributed by atoms with Gasteiger partial charge in [-0.3, -0.25) is 14.4 Å². The Balaban J connectivity index is 1.55. The Hall–Kier alpha value is -4.19. The van der Waals surface area contributed by atoms with E-state index in [1.165, 1.54) is 6.07 Å². The van der Waals surface area contributed by atoms with Gasteiger partial charge in [-0.1, -0.05) is 96.0 Å². The lowest BCUT2D eigenvalue weighted by molar-refractivity contribution is -0.122.